The maximum absolute atomic E-state index is 11.9. The molecule has 0 saturated heterocycles. The minimum absolute atomic E-state index is 0.123. The summed E-state index contributed by atoms with van der Waals surface area (Å²) in [5.74, 6) is -0.278. The van der Waals surface area contributed by atoms with Crippen molar-refractivity contribution in [2.45, 2.75) is 12.5 Å². The lowest BCUT2D eigenvalue weighted by molar-refractivity contribution is -0.116. The summed E-state index contributed by atoms with van der Waals surface area (Å²) in [6.07, 6.45) is 1.84. The zero-order valence-electron chi connectivity index (χ0n) is 9.92. The molecule has 2 N–H and O–H groups in total. The van der Waals surface area contributed by atoms with Crippen molar-refractivity contribution >= 4 is 28.3 Å². The second kappa shape index (κ2) is 4.81. The smallest absolute Gasteiger partial charge is 0.252 e. The first-order valence-electron chi connectivity index (χ1n) is 5.83. The summed E-state index contributed by atoms with van der Waals surface area (Å²) in [4.78, 5) is 27.6. The summed E-state index contributed by atoms with van der Waals surface area (Å²) in [5.41, 5.74) is 1.52. The van der Waals surface area contributed by atoms with Gasteiger partial charge in [-0.05, 0) is 11.6 Å². The number of hydrogen-bond donors (Lipinski definition) is 2. The van der Waals surface area contributed by atoms with Crippen LogP contribution in [-0.2, 0) is 4.79 Å². The van der Waals surface area contributed by atoms with Gasteiger partial charge in [0, 0.05) is 17.1 Å². The molecule has 6 heteroatoms. The molecule has 19 heavy (non-hydrogen) atoms. The van der Waals surface area contributed by atoms with Crippen LogP contribution in [0.1, 0.15) is 28.4 Å². The highest BCUT2D eigenvalue weighted by atomic mass is 32.1. The first kappa shape index (κ1) is 11.9. The molecule has 1 aromatic heterocycles. The number of nitrogens with zero attached hydrogens (tertiary/aromatic N) is 1. The predicted molar refractivity (Wildman–Crippen MR) is 72.0 cm³/mol. The van der Waals surface area contributed by atoms with E-state index in [0.717, 1.165) is 5.56 Å². The summed E-state index contributed by atoms with van der Waals surface area (Å²) in [6.45, 7) is 0. The van der Waals surface area contributed by atoms with E-state index in [1.807, 2.05) is 18.2 Å². The van der Waals surface area contributed by atoms with Gasteiger partial charge in [-0.1, -0.05) is 18.2 Å². The third-order valence-corrected chi connectivity index (χ3v) is 3.64. The Bertz CT molecular complexity index is 625. The fourth-order valence-corrected chi connectivity index (χ4v) is 2.67. The number of nitrogens with one attached hydrogen (secondary N) is 2. The lowest BCUT2D eigenvalue weighted by atomic mass is 10.0. The van der Waals surface area contributed by atoms with Crippen LogP contribution < -0.4 is 10.6 Å². The zero-order valence-corrected chi connectivity index (χ0v) is 10.7. The highest BCUT2D eigenvalue weighted by molar-refractivity contribution is 7.13. The van der Waals surface area contributed by atoms with Gasteiger partial charge in [0.25, 0.3) is 5.91 Å². The molecule has 0 unspecified atom stereocenters. The summed E-state index contributed by atoms with van der Waals surface area (Å²) in [7, 11) is 0. The number of thiazole rings is 1. The molecular formula is C13H11N3O2S. The Morgan fingerprint density at radius 1 is 1.42 bits per heavy atom. The van der Waals surface area contributed by atoms with Crippen molar-refractivity contribution in [3.05, 3.63) is 47.0 Å². The molecule has 1 aliphatic heterocycles. The van der Waals surface area contributed by atoms with Gasteiger partial charge in [0.1, 0.15) is 0 Å². The van der Waals surface area contributed by atoms with E-state index in [2.05, 4.69) is 15.6 Å². The number of benzene rings is 1. The number of carbonyl (C=O) groups is 2. The van der Waals surface area contributed by atoms with E-state index < -0.39 is 0 Å². The standard InChI is InChI=1S/C13H11N3O2S/c17-11(16-13-14-5-6-19-13)7-10-8-3-1-2-4-9(8)12(18)15-10/h1-6,10H,7H2,(H,15,18)(H,14,16,17)/t10-/m1/s1. The van der Waals surface area contributed by atoms with Crippen molar-refractivity contribution < 1.29 is 9.59 Å². The molecule has 0 fully saturated rings. The molecule has 2 aromatic rings. The van der Waals surface area contributed by atoms with Crippen LogP contribution in [-0.4, -0.2) is 16.8 Å². The van der Waals surface area contributed by atoms with Gasteiger partial charge in [-0.15, -0.1) is 11.3 Å². The molecule has 3 rings (SSSR count). The Hall–Kier alpha value is -2.21. The second-order valence-corrected chi connectivity index (χ2v) is 5.10. The van der Waals surface area contributed by atoms with E-state index in [1.165, 1.54) is 11.3 Å². The molecule has 0 saturated carbocycles. The topological polar surface area (TPSA) is 71.1 Å². The lowest BCUT2D eigenvalue weighted by Crippen LogP contribution is -2.24. The number of hydrogen-bond acceptors (Lipinski definition) is 4. The average Bonchev–Trinajstić information content (AvgIpc) is 3.00. The fourth-order valence-electron chi connectivity index (χ4n) is 2.12. The second-order valence-electron chi connectivity index (χ2n) is 4.20. The Kier molecular flexibility index (Phi) is 3.00. The van der Waals surface area contributed by atoms with Crippen molar-refractivity contribution in [1.82, 2.24) is 10.3 Å². The number of carbonyl (C=O) groups excluding carboxylic acids is 2. The summed E-state index contributed by atoms with van der Waals surface area (Å²) in [5, 5.41) is 7.89. The Labute approximate surface area is 113 Å². The molecule has 96 valence electrons. The molecular weight excluding hydrogens is 262 g/mol. The van der Waals surface area contributed by atoms with Crippen LogP contribution >= 0.6 is 11.3 Å². The SMILES string of the molecule is O=C(C[C@H]1NC(=O)c2ccccc21)Nc1nccs1. The van der Waals surface area contributed by atoms with E-state index in [0.29, 0.717) is 10.7 Å². The molecule has 2 heterocycles. The van der Waals surface area contributed by atoms with Crippen molar-refractivity contribution in [2.24, 2.45) is 0 Å². The predicted octanol–water partition coefficient (Wildman–Crippen LogP) is 1.96. The number of rotatable bonds is 3. The summed E-state index contributed by atoms with van der Waals surface area (Å²) < 4.78 is 0. The molecule has 1 aliphatic rings. The minimum atomic E-state index is -0.260. The molecule has 0 aliphatic carbocycles. The number of fused-ring (bicyclic) bond motifs is 1. The van der Waals surface area contributed by atoms with Crippen molar-refractivity contribution in [1.29, 1.82) is 0 Å². The molecule has 1 aromatic carbocycles. The highest BCUT2D eigenvalue weighted by Gasteiger charge is 2.29. The number of anilines is 1. The van der Waals surface area contributed by atoms with E-state index >= 15 is 0 Å². The number of aromatic nitrogens is 1. The first-order valence-corrected chi connectivity index (χ1v) is 6.71. The van der Waals surface area contributed by atoms with Crippen molar-refractivity contribution in [3.63, 3.8) is 0 Å². The van der Waals surface area contributed by atoms with Gasteiger partial charge in [-0.25, -0.2) is 4.98 Å². The van der Waals surface area contributed by atoms with E-state index in [9.17, 15) is 9.59 Å². The maximum atomic E-state index is 11.9. The quantitative estimate of drug-likeness (QED) is 0.898. The Balaban J connectivity index is 1.71. The molecule has 2 amide bonds. The van der Waals surface area contributed by atoms with Gasteiger partial charge in [-0.3, -0.25) is 9.59 Å². The van der Waals surface area contributed by atoms with Gasteiger partial charge in [0.15, 0.2) is 5.13 Å². The molecule has 0 bridgehead atoms. The van der Waals surface area contributed by atoms with E-state index in [4.69, 9.17) is 0 Å². The van der Waals surface area contributed by atoms with Crippen LogP contribution in [0.15, 0.2) is 35.8 Å². The summed E-state index contributed by atoms with van der Waals surface area (Å²) >= 11 is 1.36. The normalized spacial score (nSPS) is 16.8. The van der Waals surface area contributed by atoms with Crippen LogP contribution in [0.5, 0.6) is 0 Å². The lowest BCUT2D eigenvalue weighted by Gasteiger charge is -2.10. The van der Waals surface area contributed by atoms with Gasteiger partial charge in [0.05, 0.1) is 12.5 Å². The summed E-state index contributed by atoms with van der Waals surface area (Å²) in [6, 6.07) is 7.06. The van der Waals surface area contributed by atoms with Crippen LogP contribution in [0, 0.1) is 0 Å². The van der Waals surface area contributed by atoms with Crippen LogP contribution in [0.2, 0.25) is 0 Å². The van der Waals surface area contributed by atoms with E-state index in [-0.39, 0.29) is 24.3 Å². The van der Waals surface area contributed by atoms with Crippen molar-refractivity contribution in [2.75, 3.05) is 5.32 Å². The Morgan fingerprint density at radius 3 is 3.05 bits per heavy atom. The Morgan fingerprint density at radius 2 is 2.26 bits per heavy atom. The first-order chi connectivity index (χ1) is 9.24. The van der Waals surface area contributed by atoms with Crippen molar-refractivity contribution in [3.8, 4) is 0 Å². The molecule has 5 nitrogen and oxygen atoms in total. The highest BCUT2D eigenvalue weighted by Crippen LogP contribution is 2.27. The molecule has 0 radical (unpaired) electrons. The van der Waals surface area contributed by atoms with Crippen LogP contribution in [0.3, 0.4) is 0 Å². The largest absolute Gasteiger partial charge is 0.345 e. The van der Waals surface area contributed by atoms with Crippen LogP contribution in [0.25, 0.3) is 0 Å². The van der Waals surface area contributed by atoms with Gasteiger partial charge < -0.3 is 10.6 Å². The van der Waals surface area contributed by atoms with E-state index in [1.54, 1.807) is 17.6 Å². The third-order valence-electron chi connectivity index (χ3n) is 2.95. The maximum Gasteiger partial charge on any atom is 0.252 e. The third kappa shape index (κ3) is 2.34. The van der Waals surface area contributed by atoms with Crippen LogP contribution in [0.4, 0.5) is 5.13 Å². The monoisotopic (exact) mass is 273 g/mol. The zero-order chi connectivity index (χ0) is 13.2. The molecule has 1 atom stereocenters. The molecule has 0 spiro atoms. The average molecular weight is 273 g/mol. The minimum Gasteiger partial charge on any atom is -0.345 e. The fraction of sp³-hybridized carbons (Fsp3) is 0.154. The van der Waals surface area contributed by atoms with Gasteiger partial charge >= 0.3 is 0 Å². The number of amides is 2. The van der Waals surface area contributed by atoms with Gasteiger partial charge in [0.2, 0.25) is 5.91 Å². The van der Waals surface area contributed by atoms with Gasteiger partial charge in [-0.2, -0.15) is 0 Å².